The summed E-state index contributed by atoms with van der Waals surface area (Å²) in [4.78, 5) is 0.707. The largest absolute Gasteiger partial charge is 0.399 e. The van der Waals surface area contributed by atoms with Gasteiger partial charge in [-0.1, -0.05) is 11.6 Å². The minimum Gasteiger partial charge on any atom is -0.399 e. The molecule has 2 aliphatic rings. The Bertz CT molecular complexity index is 541. The third-order valence-electron chi connectivity index (χ3n) is 4.33. The zero-order valence-electron chi connectivity index (χ0n) is 11.8. The maximum absolute atomic E-state index is 12.9. The second kappa shape index (κ2) is 6.49. The summed E-state index contributed by atoms with van der Waals surface area (Å²) in [5.74, 6) is 2.28. The fourth-order valence-electron chi connectivity index (χ4n) is 3.12. The molecule has 0 aromatic heterocycles. The predicted octanol–water partition coefficient (Wildman–Crippen LogP) is 3.47. The van der Waals surface area contributed by atoms with Gasteiger partial charge in [-0.3, -0.25) is 4.21 Å². The van der Waals surface area contributed by atoms with E-state index in [9.17, 15) is 4.21 Å². The normalized spacial score (nSPS) is 26.6. The van der Waals surface area contributed by atoms with E-state index >= 15 is 0 Å². The first-order valence-electron chi connectivity index (χ1n) is 7.27. The molecule has 2 atom stereocenters. The van der Waals surface area contributed by atoms with Gasteiger partial charge in [-0.25, -0.2) is 0 Å². The molecule has 3 nitrogen and oxygen atoms in total. The maximum Gasteiger partial charge on any atom is 0.0709 e. The Hall–Kier alpha value is -0.230. The number of nitrogen functional groups attached to an aromatic ring is 1. The molecule has 2 fully saturated rings. The molecule has 21 heavy (non-hydrogen) atoms. The topological polar surface area (TPSA) is 52.3 Å². The van der Waals surface area contributed by atoms with Crippen molar-refractivity contribution in [2.75, 3.05) is 23.8 Å². The summed E-state index contributed by atoms with van der Waals surface area (Å²) < 4.78 is 19.0. The Morgan fingerprint density at radius 3 is 2.86 bits per heavy atom. The van der Waals surface area contributed by atoms with Gasteiger partial charge in [0.05, 0.1) is 26.3 Å². The lowest BCUT2D eigenvalue weighted by atomic mass is 9.88. The van der Waals surface area contributed by atoms with Gasteiger partial charge in [0.2, 0.25) is 0 Å². The summed E-state index contributed by atoms with van der Waals surface area (Å²) in [6.07, 6.45) is 3.85. The van der Waals surface area contributed by atoms with E-state index in [0.717, 1.165) is 37.2 Å². The number of ether oxygens (including phenoxy) is 1. The summed E-state index contributed by atoms with van der Waals surface area (Å²) in [6, 6.07) is 5.25. The van der Waals surface area contributed by atoms with Crippen molar-refractivity contribution in [2.24, 2.45) is 0 Å². The van der Waals surface area contributed by atoms with Gasteiger partial charge in [-0.2, -0.15) is 11.8 Å². The molecule has 2 saturated heterocycles. The van der Waals surface area contributed by atoms with Crippen LogP contribution in [-0.2, 0) is 15.5 Å². The quantitative estimate of drug-likeness (QED) is 0.834. The van der Waals surface area contributed by atoms with Crippen LogP contribution in [0.4, 0.5) is 5.69 Å². The zero-order chi connectivity index (χ0) is 14.9. The molecule has 0 bridgehead atoms. The van der Waals surface area contributed by atoms with Crippen LogP contribution in [0.5, 0.6) is 0 Å². The lowest BCUT2D eigenvalue weighted by Gasteiger charge is -2.43. The number of rotatable bonds is 2. The molecule has 0 amide bonds. The highest BCUT2D eigenvalue weighted by molar-refractivity contribution is 7.99. The van der Waals surface area contributed by atoms with E-state index in [0.29, 0.717) is 22.2 Å². The van der Waals surface area contributed by atoms with Crippen LogP contribution in [0, 0.1) is 0 Å². The minimum absolute atomic E-state index is 0.0515. The molecule has 2 heterocycles. The lowest BCUT2D eigenvalue weighted by Crippen LogP contribution is -2.45. The number of anilines is 1. The summed E-state index contributed by atoms with van der Waals surface area (Å²) in [7, 11) is -1.09. The van der Waals surface area contributed by atoms with Crippen molar-refractivity contribution in [3.8, 4) is 0 Å². The van der Waals surface area contributed by atoms with E-state index in [4.69, 9.17) is 22.1 Å². The van der Waals surface area contributed by atoms with Gasteiger partial charge in [0.1, 0.15) is 0 Å². The smallest absolute Gasteiger partial charge is 0.0709 e. The fraction of sp³-hybridized carbons (Fsp3) is 0.600. The molecule has 1 aromatic carbocycles. The van der Waals surface area contributed by atoms with Crippen molar-refractivity contribution in [3.05, 3.63) is 23.2 Å². The highest BCUT2D eigenvalue weighted by Crippen LogP contribution is 2.40. The first-order valence-corrected chi connectivity index (χ1v) is 10.0. The van der Waals surface area contributed by atoms with E-state index in [1.165, 1.54) is 0 Å². The average Bonchev–Trinajstić information content (AvgIpc) is 2.47. The zero-order valence-corrected chi connectivity index (χ0v) is 14.2. The second-order valence-electron chi connectivity index (χ2n) is 5.75. The SMILES string of the molecule is Nc1ccc(S(=O)C2CCOC3(CCSCC3)C2)c(Cl)c1. The molecule has 0 radical (unpaired) electrons. The second-order valence-corrected chi connectivity index (χ2v) is 9.08. The number of halogens is 1. The van der Waals surface area contributed by atoms with E-state index in [1.807, 2.05) is 11.8 Å². The summed E-state index contributed by atoms with van der Waals surface area (Å²) in [5, 5.41) is 0.635. The number of hydrogen-bond donors (Lipinski definition) is 1. The predicted molar refractivity (Wildman–Crippen MR) is 90.5 cm³/mol. The van der Waals surface area contributed by atoms with Crippen molar-refractivity contribution in [2.45, 2.75) is 41.4 Å². The Morgan fingerprint density at radius 2 is 2.14 bits per heavy atom. The first kappa shape index (κ1) is 15.7. The molecule has 0 aliphatic carbocycles. The molecule has 2 N–H and O–H groups in total. The standard InChI is InChI=1S/C15H20ClNO2S2/c16-13-9-11(17)1-2-14(13)21(18)12-3-6-19-15(10-12)4-7-20-8-5-15/h1-2,9,12H,3-8,10,17H2. The van der Waals surface area contributed by atoms with Gasteiger partial charge in [0.15, 0.2) is 0 Å². The molecule has 116 valence electrons. The number of nitrogens with two attached hydrogens (primary N) is 1. The van der Waals surface area contributed by atoms with Gasteiger partial charge < -0.3 is 10.5 Å². The van der Waals surface area contributed by atoms with Crippen LogP contribution < -0.4 is 5.73 Å². The van der Waals surface area contributed by atoms with E-state index in [1.54, 1.807) is 18.2 Å². The van der Waals surface area contributed by atoms with Crippen molar-refractivity contribution < 1.29 is 8.95 Å². The number of thioether (sulfide) groups is 1. The van der Waals surface area contributed by atoms with Crippen molar-refractivity contribution in [1.82, 2.24) is 0 Å². The minimum atomic E-state index is -1.09. The monoisotopic (exact) mass is 345 g/mol. The van der Waals surface area contributed by atoms with Gasteiger partial charge >= 0.3 is 0 Å². The summed E-state index contributed by atoms with van der Waals surface area (Å²) in [6.45, 7) is 0.702. The van der Waals surface area contributed by atoms with E-state index in [-0.39, 0.29) is 10.9 Å². The maximum atomic E-state index is 12.9. The molecule has 1 spiro atoms. The van der Waals surface area contributed by atoms with Crippen LogP contribution in [0.3, 0.4) is 0 Å². The first-order chi connectivity index (χ1) is 10.1. The van der Waals surface area contributed by atoms with Gasteiger partial charge in [0, 0.05) is 17.5 Å². The van der Waals surface area contributed by atoms with Crippen LogP contribution >= 0.6 is 23.4 Å². The Labute approximate surface area is 137 Å². The Morgan fingerprint density at radius 1 is 1.38 bits per heavy atom. The molecular formula is C15H20ClNO2S2. The Kier molecular flexibility index (Phi) is 4.84. The van der Waals surface area contributed by atoms with Crippen LogP contribution in [-0.4, -0.2) is 33.2 Å². The molecular weight excluding hydrogens is 326 g/mol. The van der Waals surface area contributed by atoms with Crippen LogP contribution in [0.1, 0.15) is 25.7 Å². The van der Waals surface area contributed by atoms with Crippen molar-refractivity contribution >= 4 is 39.8 Å². The van der Waals surface area contributed by atoms with E-state index < -0.39 is 10.8 Å². The third-order valence-corrected chi connectivity index (χ3v) is 7.53. The summed E-state index contributed by atoms with van der Waals surface area (Å²) in [5.41, 5.74) is 6.27. The molecule has 1 aromatic rings. The van der Waals surface area contributed by atoms with Crippen LogP contribution in [0.2, 0.25) is 5.02 Å². The number of hydrogen-bond acceptors (Lipinski definition) is 4. The van der Waals surface area contributed by atoms with E-state index in [2.05, 4.69) is 0 Å². The lowest BCUT2D eigenvalue weighted by molar-refractivity contribution is -0.0809. The van der Waals surface area contributed by atoms with Gasteiger partial charge in [-0.15, -0.1) is 0 Å². The summed E-state index contributed by atoms with van der Waals surface area (Å²) >= 11 is 8.19. The molecule has 0 saturated carbocycles. The van der Waals surface area contributed by atoms with Crippen LogP contribution in [0.15, 0.2) is 23.1 Å². The molecule has 2 unspecified atom stereocenters. The molecule has 3 rings (SSSR count). The van der Waals surface area contributed by atoms with Gasteiger partial charge in [-0.05, 0) is 55.4 Å². The highest BCUT2D eigenvalue weighted by Gasteiger charge is 2.41. The number of benzene rings is 1. The Balaban J connectivity index is 1.77. The van der Waals surface area contributed by atoms with Crippen molar-refractivity contribution in [1.29, 1.82) is 0 Å². The average molecular weight is 346 g/mol. The molecule has 6 heteroatoms. The fourth-order valence-corrected chi connectivity index (χ4v) is 6.35. The third kappa shape index (κ3) is 3.41. The molecule has 2 aliphatic heterocycles. The van der Waals surface area contributed by atoms with Gasteiger partial charge in [0.25, 0.3) is 0 Å². The highest BCUT2D eigenvalue weighted by atomic mass is 35.5. The van der Waals surface area contributed by atoms with Crippen LogP contribution in [0.25, 0.3) is 0 Å². The van der Waals surface area contributed by atoms with Crippen molar-refractivity contribution in [3.63, 3.8) is 0 Å².